The fraction of sp³-hybridized carbons (Fsp3) is 1.00. The molecule has 96 valence electrons. The lowest BCUT2D eigenvalue weighted by atomic mass is 9.93. The van der Waals surface area contributed by atoms with Crippen LogP contribution in [0.4, 0.5) is 0 Å². The third kappa shape index (κ3) is 5.31. The summed E-state index contributed by atoms with van der Waals surface area (Å²) in [5.74, 6) is 0.953. The van der Waals surface area contributed by atoms with Crippen LogP contribution in [0.3, 0.4) is 0 Å². The summed E-state index contributed by atoms with van der Waals surface area (Å²) in [7, 11) is 1.80. The van der Waals surface area contributed by atoms with Crippen molar-refractivity contribution in [3.05, 3.63) is 0 Å². The standard InChI is InChI=1S/C14H29NO/c1-3-11-15-14(10-6-7-12-16-2)13-8-4-5-9-13/h13-15H,3-12H2,1-2H3. The first kappa shape index (κ1) is 14.0. The Kier molecular flexibility index (Phi) is 7.87. The highest BCUT2D eigenvalue weighted by Gasteiger charge is 2.23. The molecule has 1 unspecified atom stereocenters. The molecule has 0 bridgehead atoms. The zero-order valence-corrected chi connectivity index (χ0v) is 11.1. The average Bonchev–Trinajstić information content (AvgIpc) is 2.82. The largest absolute Gasteiger partial charge is 0.385 e. The number of hydrogen-bond acceptors (Lipinski definition) is 2. The summed E-state index contributed by atoms with van der Waals surface area (Å²) < 4.78 is 5.11. The van der Waals surface area contributed by atoms with Crippen molar-refractivity contribution in [1.29, 1.82) is 0 Å². The van der Waals surface area contributed by atoms with Gasteiger partial charge in [-0.1, -0.05) is 19.8 Å². The summed E-state index contributed by atoms with van der Waals surface area (Å²) in [5.41, 5.74) is 0. The van der Waals surface area contributed by atoms with E-state index >= 15 is 0 Å². The molecule has 0 aliphatic heterocycles. The van der Waals surface area contributed by atoms with E-state index in [1.165, 1.54) is 57.9 Å². The van der Waals surface area contributed by atoms with E-state index in [1.54, 1.807) is 7.11 Å². The van der Waals surface area contributed by atoms with Crippen LogP contribution < -0.4 is 5.32 Å². The van der Waals surface area contributed by atoms with Crippen LogP contribution in [0, 0.1) is 5.92 Å². The smallest absolute Gasteiger partial charge is 0.0462 e. The van der Waals surface area contributed by atoms with Crippen LogP contribution in [-0.4, -0.2) is 26.3 Å². The van der Waals surface area contributed by atoms with E-state index in [2.05, 4.69) is 12.2 Å². The quantitative estimate of drug-likeness (QED) is 0.610. The topological polar surface area (TPSA) is 21.3 Å². The van der Waals surface area contributed by atoms with Gasteiger partial charge in [-0.2, -0.15) is 0 Å². The maximum atomic E-state index is 5.11. The molecule has 0 heterocycles. The van der Waals surface area contributed by atoms with Gasteiger partial charge in [-0.15, -0.1) is 0 Å². The normalized spacial score (nSPS) is 19.1. The van der Waals surface area contributed by atoms with Crippen LogP contribution in [0.1, 0.15) is 58.3 Å². The molecule has 0 aromatic carbocycles. The Bertz CT molecular complexity index is 155. The summed E-state index contributed by atoms with van der Waals surface area (Å²) in [6.07, 6.45) is 10.9. The molecule has 1 aliphatic rings. The second-order valence-electron chi connectivity index (χ2n) is 5.09. The summed E-state index contributed by atoms with van der Waals surface area (Å²) in [6, 6.07) is 0.777. The van der Waals surface area contributed by atoms with Gasteiger partial charge < -0.3 is 10.1 Å². The van der Waals surface area contributed by atoms with Gasteiger partial charge in [-0.25, -0.2) is 0 Å². The monoisotopic (exact) mass is 227 g/mol. The molecule has 1 fully saturated rings. The van der Waals surface area contributed by atoms with Crippen LogP contribution in [0.5, 0.6) is 0 Å². The Hall–Kier alpha value is -0.0800. The van der Waals surface area contributed by atoms with Crippen molar-refractivity contribution in [2.75, 3.05) is 20.3 Å². The van der Waals surface area contributed by atoms with Gasteiger partial charge in [0.15, 0.2) is 0 Å². The number of methoxy groups -OCH3 is 1. The van der Waals surface area contributed by atoms with Crippen molar-refractivity contribution in [3.63, 3.8) is 0 Å². The fourth-order valence-electron chi connectivity index (χ4n) is 2.80. The van der Waals surface area contributed by atoms with Gasteiger partial charge in [0, 0.05) is 19.8 Å². The summed E-state index contributed by atoms with van der Waals surface area (Å²) >= 11 is 0. The molecule has 1 aliphatic carbocycles. The number of unbranched alkanes of at least 4 members (excludes halogenated alkanes) is 1. The molecule has 1 rings (SSSR count). The summed E-state index contributed by atoms with van der Waals surface area (Å²) in [4.78, 5) is 0. The first-order chi connectivity index (χ1) is 7.88. The molecular formula is C14H29NO. The van der Waals surface area contributed by atoms with E-state index in [9.17, 15) is 0 Å². The van der Waals surface area contributed by atoms with Gasteiger partial charge in [-0.3, -0.25) is 0 Å². The molecule has 16 heavy (non-hydrogen) atoms. The lowest BCUT2D eigenvalue weighted by Gasteiger charge is -2.24. The maximum Gasteiger partial charge on any atom is 0.0462 e. The van der Waals surface area contributed by atoms with Crippen LogP contribution in [0.25, 0.3) is 0 Å². The summed E-state index contributed by atoms with van der Waals surface area (Å²) in [6.45, 7) is 4.36. The van der Waals surface area contributed by atoms with Crippen LogP contribution in [-0.2, 0) is 4.74 Å². The van der Waals surface area contributed by atoms with Gasteiger partial charge in [0.25, 0.3) is 0 Å². The molecular weight excluding hydrogens is 198 g/mol. The Morgan fingerprint density at radius 1 is 1.25 bits per heavy atom. The zero-order valence-electron chi connectivity index (χ0n) is 11.1. The molecule has 1 atom stereocenters. The van der Waals surface area contributed by atoms with Crippen molar-refractivity contribution in [2.24, 2.45) is 5.92 Å². The zero-order chi connectivity index (χ0) is 11.6. The van der Waals surface area contributed by atoms with Gasteiger partial charge in [-0.05, 0) is 51.0 Å². The molecule has 0 amide bonds. The molecule has 2 heteroatoms. The third-order valence-electron chi connectivity index (χ3n) is 3.74. The number of ether oxygens (including phenoxy) is 1. The number of rotatable bonds is 9. The minimum absolute atomic E-state index is 0.777. The van der Waals surface area contributed by atoms with E-state index in [0.29, 0.717) is 0 Å². The molecule has 2 nitrogen and oxygen atoms in total. The second kappa shape index (κ2) is 9.00. The Balaban J connectivity index is 2.19. The van der Waals surface area contributed by atoms with E-state index in [0.717, 1.165) is 18.6 Å². The molecule has 1 N–H and O–H groups in total. The minimum atomic E-state index is 0.777. The third-order valence-corrected chi connectivity index (χ3v) is 3.74. The van der Waals surface area contributed by atoms with Crippen LogP contribution >= 0.6 is 0 Å². The number of hydrogen-bond donors (Lipinski definition) is 1. The first-order valence-corrected chi connectivity index (χ1v) is 7.10. The molecule has 0 aromatic heterocycles. The molecule has 1 saturated carbocycles. The van der Waals surface area contributed by atoms with E-state index < -0.39 is 0 Å². The molecule has 0 saturated heterocycles. The predicted octanol–water partition coefficient (Wildman–Crippen LogP) is 3.36. The van der Waals surface area contributed by atoms with Crippen molar-refractivity contribution in [3.8, 4) is 0 Å². The van der Waals surface area contributed by atoms with Gasteiger partial charge >= 0.3 is 0 Å². The first-order valence-electron chi connectivity index (χ1n) is 7.10. The van der Waals surface area contributed by atoms with Crippen molar-refractivity contribution in [2.45, 2.75) is 64.3 Å². The SMILES string of the molecule is CCCNC(CCCCOC)C1CCCC1. The Morgan fingerprint density at radius 2 is 2.00 bits per heavy atom. The maximum absolute atomic E-state index is 5.11. The lowest BCUT2D eigenvalue weighted by molar-refractivity contribution is 0.189. The van der Waals surface area contributed by atoms with E-state index in [4.69, 9.17) is 4.74 Å². The second-order valence-corrected chi connectivity index (χ2v) is 5.09. The lowest BCUT2D eigenvalue weighted by Crippen LogP contribution is -2.35. The average molecular weight is 227 g/mol. The predicted molar refractivity (Wildman–Crippen MR) is 69.8 cm³/mol. The molecule has 0 radical (unpaired) electrons. The summed E-state index contributed by atoms with van der Waals surface area (Å²) in [5, 5.41) is 3.75. The van der Waals surface area contributed by atoms with Gasteiger partial charge in [0.05, 0.1) is 0 Å². The van der Waals surface area contributed by atoms with Crippen LogP contribution in [0.2, 0.25) is 0 Å². The minimum Gasteiger partial charge on any atom is -0.385 e. The highest BCUT2D eigenvalue weighted by atomic mass is 16.5. The van der Waals surface area contributed by atoms with Crippen molar-refractivity contribution in [1.82, 2.24) is 5.32 Å². The Morgan fingerprint density at radius 3 is 2.62 bits per heavy atom. The van der Waals surface area contributed by atoms with Crippen molar-refractivity contribution >= 4 is 0 Å². The highest BCUT2D eigenvalue weighted by molar-refractivity contribution is 4.80. The Labute approximate surface area is 101 Å². The van der Waals surface area contributed by atoms with E-state index in [-0.39, 0.29) is 0 Å². The molecule has 0 aromatic rings. The van der Waals surface area contributed by atoms with Gasteiger partial charge in [0.1, 0.15) is 0 Å². The number of nitrogens with one attached hydrogen (secondary N) is 1. The highest BCUT2D eigenvalue weighted by Crippen LogP contribution is 2.29. The molecule has 0 spiro atoms. The van der Waals surface area contributed by atoms with E-state index in [1.807, 2.05) is 0 Å². The van der Waals surface area contributed by atoms with Crippen LogP contribution in [0.15, 0.2) is 0 Å². The fourth-order valence-corrected chi connectivity index (χ4v) is 2.80. The van der Waals surface area contributed by atoms with Crippen molar-refractivity contribution < 1.29 is 4.74 Å². The van der Waals surface area contributed by atoms with Gasteiger partial charge in [0.2, 0.25) is 0 Å².